The minimum atomic E-state index is -0.0649. The number of hydrogen-bond donors (Lipinski definition) is 2. The molecule has 1 atom stereocenters. The third-order valence-electron chi connectivity index (χ3n) is 3.06. The van der Waals surface area contributed by atoms with Crippen LogP contribution in [-0.4, -0.2) is 31.2 Å². The van der Waals surface area contributed by atoms with Crippen LogP contribution in [0.5, 0.6) is 0 Å². The summed E-state index contributed by atoms with van der Waals surface area (Å²) in [5.74, 6) is 0. The number of para-hydroxylation sites is 1. The van der Waals surface area contributed by atoms with E-state index in [4.69, 9.17) is 0 Å². The van der Waals surface area contributed by atoms with Crippen molar-refractivity contribution in [2.45, 2.75) is 32.4 Å². The largest absolute Gasteiger partial charge is 0.369 e. The van der Waals surface area contributed by atoms with Crippen molar-refractivity contribution in [3.8, 4) is 0 Å². The predicted molar refractivity (Wildman–Crippen MR) is 73.9 cm³/mol. The van der Waals surface area contributed by atoms with Gasteiger partial charge in [0.25, 0.3) is 0 Å². The average molecular weight is 247 g/mol. The van der Waals surface area contributed by atoms with Crippen molar-refractivity contribution in [1.29, 1.82) is 0 Å². The van der Waals surface area contributed by atoms with Gasteiger partial charge in [0.15, 0.2) is 0 Å². The maximum absolute atomic E-state index is 11.6. The average Bonchev–Trinajstić information content (AvgIpc) is 2.77. The van der Waals surface area contributed by atoms with E-state index < -0.39 is 0 Å². The first-order chi connectivity index (χ1) is 8.65. The van der Waals surface area contributed by atoms with Gasteiger partial charge in [-0.05, 0) is 32.4 Å². The van der Waals surface area contributed by atoms with Crippen molar-refractivity contribution in [3.05, 3.63) is 30.3 Å². The molecule has 4 heteroatoms. The molecule has 0 radical (unpaired) electrons. The number of hydrogen-bond acceptors (Lipinski definition) is 2. The van der Waals surface area contributed by atoms with E-state index in [1.54, 1.807) is 0 Å². The minimum Gasteiger partial charge on any atom is -0.369 e. The van der Waals surface area contributed by atoms with Gasteiger partial charge >= 0.3 is 6.03 Å². The van der Waals surface area contributed by atoms with Crippen molar-refractivity contribution in [1.82, 2.24) is 10.6 Å². The maximum atomic E-state index is 11.6. The van der Waals surface area contributed by atoms with Crippen LogP contribution in [0.15, 0.2) is 30.3 Å². The minimum absolute atomic E-state index is 0.0649. The Hall–Kier alpha value is -1.71. The zero-order chi connectivity index (χ0) is 13.0. The molecule has 0 spiro atoms. The molecule has 0 aromatic heterocycles. The van der Waals surface area contributed by atoms with Crippen molar-refractivity contribution < 1.29 is 4.79 Å². The smallest absolute Gasteiger partial charge is 0.315 e. The number of carbonyl (C=O) groups is 1. The molecule has 0 saturated carbocycles. The number of rotatable bonds is 3. The van der Waals surface area contributed by atoms with Crippen molar-refractivity contribution in [2.24, 2.45) is 0 Å². The van der Waals surface area contributed by atoms with Gasteiger partial charge in [0.05, 0.1) is 0 Å². The topological polar surface area (TPSA) is 44.4 Å². The number of urea groups is 1. The zero-order valence-electron chi connectivity index (χ0n) is 11.0. The lowest BCUT2D eigenvalue weighted by molar-refractivity contribution is 0.235. The summed E-state index contributed by atoms with van der Waals surface area (Å²) in [5, 5.41) is 5.87. The van der Waals surface area contributed by atoms with Crippen LogP contribution in [0.4, 0.5) is 10.5 Å². The standard InChI is InChI=1S/C14H21N3O/c1-11(2)15-14(18)16-12-8-9-17(10-12)13-6-4-3-5-7-13/h3-7,11-12H,8-10H2,1-2H3,(H2,15,16,18). The summed E-state index contributed by atoms with van der Waals surface area (Å²) in [6, 6.07) is 10.7. The SMILES string of the molecule is CC(C)NC(=O)NC1CCN(c2ccccc2)C1. The van der Waals surface area contributed by atoms with Gasteiger partial charge < -0.3 is 15.5 Å². The van der Waals surface area contributed by atoms with Gasteiger partial charge in [0.1, 0.15) is 0 Å². The van der Waals surface area contributed by atoms with Crippen molar-refractivity contribution >= 4 is 11.7 Å². The van der Waals surface area contributed by atoms with Crippen molar-refractivity contribution in [3.63, 3.8) is 0 Å². The Labute approximate surface area is 108 Å². The van der Waals surface area contributed by atoms with Crippen LogP contribution in [0.2, 0.25) is 0 Å². The van der Waals surface area contributed by atoms with Gasteiger partial charge in [-0.3, -0.25) is 0 Å². The van der Waals surface area contributed by atoms with Gasteiger partial charge in [-0.25, -0.2) is 4.79 Å². The van der Waals surface area contributed by atoms with Crippen LogP contribution in [0.1, 0.15) is 20.3 Å². The van der Waals surface area contributed by atoms with E-state index in [0.717, 1.165) is 19.5 Å². The molecule has 1 aliphatic heterocycles. The van der Waals surface area contributed by atoms with E-state index in [-0.39, 0.29) is 18.1 Å². The fourth-order valence-corrected chi connectivity index (χ4v) is 2.24. The summed E-state index contributed by atoms with van der Waals surface area (Å²) in [6.45, 7) is 5.81. The van der Waals surface area contributed by atoms with Crippen molar-refractivity contribution in [2.75, 3.05) is 18.0 Å². The van der Waals surface area contributed by atoms with Crippen LogP contribution in [0.25, 0.3) is 0 Å². The van der Waals surface area contributed by atoms with E-state index >= 15 is 0 Å². The summed E-state index contributed by atoms with van der Waals surface area (Å²) in [6.07, 6.45) is 1.00. The van der Waals surface area contributed by atoms with E-state index in [2.05, 4.69) is 27.7 Å². The monoisotopic (exact) mass is 247 g/mol. The van der Waals surface area contributed by atoms with Gasteiger partial charge in [0, 0.05) is 30.9 Å². The number of anilines is 1. The van der Waals surface area contributed by atoms with E-state index in [1.807, 2.05) is 32.0 Å². The first-order valence-corrected chi connectivity index (χ1v) is 6.52. The highest BCUT2D eigenvalue weighted by atomic mass is 16.2. The fraction of sp³-hybridized carbons (Fsp3) is 0.500. The summed E-state index contributed by atoms with van der Waals surface area (Å²) in [5.41, 5.74) is 1.23. The highest BCUT2D eigenvalue weighted by Gasteiger charge is 2.23. The van der Waals surface area contributed by atoms with Gasteiger partial charge in [-0.1, -0.05) is 18.2 Å². The van der Waals surface area contributed by atoms with Crippen LogP contribution in [-0.2, 0) is 0 Å². The molecule has 1 heterocycles. The number of amides is 2. The molecule has 2 amide bonds. The Morgan fingerprint density at radius 3 is 2.72 bits per heavy atom. The highest BCUT2D eigenvalue weighted by molar-refractivity contribution is 5.74. The summed E-state index contributed by atoms with van der Waals surface area (Å²) < 4.78 is 0. The van der Waals surface area contributed by atoms with Gasteiger partial charge in [-0.2, -0.15) is 0 Å². The Morgan fingerprint density at radius 1 is 1.33 bits per heavy atom. The lowest BCUT2D eigenvalue weighted by Gasteiger charge is -2.19. The summed E-state index contributed by atoms with van der Waals surface area (Å²) in [4.78, 5) is 13.9. The van der Waals surface area contributed by atoms with Gasteiger partial charge in [0.2, 0.25) is 0 Å². The maximum Gasteiger partial charge on any atom is 0.315 e. The lowest BCUT2D eigenvalue weighted by atomic mass is 10.3. The molecule has 1 aromatic rings. The van der Waals surface area contributed by atoms with E-state index in [1.165, 1.54) is 5.69 Å². The molecule has 0 bridgehead atoms. The quantitative estimate of drug-likeness (QED) is 0.857. The van der Waals surface area contributed by atoms with Crippen LogP contribution in [0, 0.1) is 0 Å². The Bertz CT molecular complexity index is 391. The van der Waals surface area contributed by atoms with Crippen LogP contribution < -0.4 is 15.5 Å². The first kappa shape index (κ1) is 12.7. The van der Waals surface area contributed by atoms with Gasteiger partial charge in [-0.15, -0.1) is 0 Å². The zero-order valence-corrected chi connectivity index (χ0v) is 11.0. The Balaban J connectivity index is 1.84. The fourth-order valence-electron chi connectivity index (χ4n) is 2.24. The second kappa shape index (κ2) is 5.76. The number of nitrogens with zero attached hydrogens (tertiary/aromatic N) is 1. The molecule has 1 fully saturated rings. The molecule has 1 aliphatic rings. The van der Waals surface area contributed by atoms with E-state index in [9.17, 15) is 4.79 Å². The molecule has 2 N–H and O–H groups in total. The normalized spacial score (nSPS) is 19.1. The second-order valence-corrected chi connectivity index (χ2v) is 5.04. The second-order valence-electron chi connectivity index (χ2n) is 5.04. The number of benzene rings is 1. The summed E-state index contributed by atoms with van der Waals surface area (Å²) >= 11 is 0. The number of carbonyl (C=O) groups excluding carboxylic acids is 1. The molecule has 4 nitrogen and oxygen atoms in total. The Kier molecular flexibility index (Phi) is 4.07. The summed E-state index contributed by atoms with van der Waals surface area (Å²) in [7, 11) is 0. The van der Waals surface area contributed by atoms with Crippen LogP contribution in [0.3, 0.4) is 0 Å². The van der Waals surface area contributed by atoms with E-state index in [0.29, 0.717) is 0 Å². The molecule has 18 heavy (non-hydrogen) atoms. The Morgan fingerprint density at radius 2 is 2.06 bits per heavy atom. The number of nitrogens with one attached hydrogen (secondary N) is 2. The first-order valence-electron chi connectivity index (χ1n) is 6.52. The molecule has 1 unspecified atom stereocenters. The molecule has 1 saturated heterocycles. The molecule has 0 aliphatic carbocycles. The molecule has 98 valence electrons. The molecule has 1 aromatic carbocycles. The predicted octanol–water partition coefficient (Wildman–Crippen LogP) is 1.97. The van der Waals surface area contributed by atoms with Crippen LogP contribution >= 0.6 is 0 Å². The third kappa shape index (κ3) is 3.39. The third-order valence-corrected chi connectivity index (χ3v) is 3.06. The lowest BCUT2D eigenvalue weighted by Crippen LogP contribution is -2.45. The molecule has 2 rings (SSSR count). The molecular weight excluding hydrogens is 226 g/mol. The molecular formula is C14H21N3O. The highest BCUT2D eigenvalue weighted by Crippen LogP contribution is 2.19.